The normalized spacial score (nSPS) is 11.9. The fourth-order valence-electron chi connectivity index (χ4n) is 9.49. The van der Waals surface area contributed by atoms with Crippen LogP contribution in [0.2, 0.25) is 0 Å². The summed E-state index contributed by atoms with van der Waals surface area (Å²) >= 11 is 0. The molecule has 7 heteroatoms. The molecule has 0 aliphatic rings. The monoisotopic (exact) mass is 963 g/mol. The Labute approximate surface area is 424 Å². The number of ether oxygens (including phenoxy) is 3. The van der Waals surface area contributed by atoms with Crippen LogP contribution in [0.25, 0.3) is 0 Å². The van der Waals surface area contributed by atoms with Gasteiger partial charge in [0.1, 0.15) is 0 Å². The Morgan fingerprint density at radius 2 is 0.412 bits per heavy atom. The van der Waals surface area contributed by atoms with Crippen LogP contribution in [0, 0.1) is 0 Å². The number of likely N-dealkylation sites (N-methyl/N-ethyl adjacent to an activating group) is 1. The zero-order valence-corrected chi connectivity index (χ0v) is 47.0. The van der Waals surface area contributed by atoms with E-state index in [1.807, 2.05) is 21.1 Å². The van der Waals surface area contributed by atoms with E-state index in [1.54, 1.807) is 0 Å². The van der Waals surface area contributed by atoms with Gasteiger partial charge in [0.25, 0.3) is 0 Å². The van der Waals surface area contributed by atoms with Gasteiger partial charge < -0.3 is 18.7 Å². The van der Waals surface area contributed by atoms with Crippen LogP contribution in [-0.2, 0) is 28.6 Å². The van der Waals surface area contributed by atoms with E-state index in [4.69, 9.17) is 14.2 Å². The standard InChI is InChI=1S/C61H120NO6/c1-7-10-13-16-19-22-25-28-31-34-37-40-43-46-49-52-58(63)66-55-61(62(4,5)6,56-67-59(64)53-50-47-44-41-38-35-32-29-26-23-20-17-14-11-8-2)57-68-60(65)54-51-48-45-42-39-36-33-30-27-24-21-18-15-12-9-3/h7-57H2,1-6H3/q+1. The Bertz CT molecular complexity index is 965. The van der Waals surface area contributed by atoms with Crippen LogP contribution in [0.5, 0.6) is 0 Å². The molecular weight excluding hydrogens is 843 g/mol. The molecule has 0 heterocycles. The van der Waals surface area contributed by atoms with Crippen molar-refractivity contribution < 1.29 is 33.1 Å². The van der Waals surface area contributed by atoms with Crippen molar-refractivity contribution in [3.05, 3.63) is 0 Å². The van der Waals surface area contributed by atoms with Crippen molar-refractivity contribution in [1.29, 1.82) is 0 Å². The van der Waals surface area contributed by atoms with Crippen LogP contribution >= 0.6 is 0 Å². The van der Waals surface area contributed by atoms with Gasteiger partial charge in [-0.05, 0) is 19.3 Å². The minimum Gasteiger partial charge on any atom is -0.459 e. The van der Waals surface area contributed by atoms with E-state index in [1.165, 1.54) is 231 Å². The molecule has 0 radical (unpaired) electrons. The average Bonchev–Trinajstić information content (AvgIpc) is 3.32. The van der Waals surface area contributed by atoms with Gasteiger partial charge in [0.05, 0.1) is 21.1 Å². The fourth-order valence-corrected chi connectivity index (χ4v) is 9.49. The van der Waals surface area contributed by atoms with Crippen molar-refractivity contribution in [3.8, 4) is 0 Å². The molecule has 0 aromatic rings. The zero-order chi connectivity index (χ0) is 49.9. The molecule has 0 saturated heterocycles. The summed E-state index contributed by atoms with van der Waals surface area (Å²) in [6.07, 6.45) is 58.8. The molecule has 0 aliphatic carbocycles. The highest BCUT2D eigenvalue weighted by Crippen LogP contribution is 2.24. The quantitative estimate of drug-likeness (QED) is 0.0262. The molecule has 0 atom stereocenters. The lowest BCUT2D eigenvalue weighted by molar-refractivity contribution is -0.925. The van der Waals surface area contributed by atoms with Gasteiger partial charge in [0, 0.05) is 19.3 Å². The first kappa shape index (κ1) is 66.4. The molecule has 0 spiro atoms. The number of carbonyl (C=O) groups excluding carboxylic acids is 3. The molecule has 0 aromatic heterocycles. The second-order valence-corrected chi connectivity index (χ2v) is 22.3. The number of rotatable bonds is 55. The molecule has 0 aliphatic heterocycles. The van der Waals surface area contributed by atoms with E-state index in [9.17, 15) is 14.4 Å². The summed E-state index contributed by atoms with van der Waals surface area (Å²) in [5.74, 6) is -0.692. The third-order valence-corrected chi connectivity index (χ3v) is 14.9. The maximum atomic E-state index is 13.1. The summed E-state index contributed by atoms with van der Waals surface area (Å²) < 4.78 is 18.2. The summed E-state index contributed by atoms with van der Waals surface area (Å²) in [6.45, 7) is 6.94. The molecule has 0 aromatic carbocycles. The first-order chi connectivity index (χ1) is 33.1. The first-order valence-electron chi connectivity index (χ1n) is 30.4. The molecular formula is C61H120NO6+. The van der Waals surface area contributed by atoms with Crippen molar-refractivity contribution in [1.82, 2.24) is 0 Å². The number of hydrogen-bond donors (Lipinski definition) is 0. The number of nitrogens with zero attached hydrogens (tertiary/aromatic N) is 1. The van der Waals surface area contributed by atoms with Gasteiger partial charge in [-0.15, -0.1) is 0 Å². The van der Waals surface area contributed by atoms with E-state index in [0.717, 1.165) is 57.8 Å². The van der Waals surface area contributed by atoms with Crippen LogP contribution in [-0.4, -0.2) is 68.9 Å². The third-order valence-electron chi connectivity index (χ3n) is 14.9. The molecule has 0 saturated carbocycles. The van der Waals surface area contributed by atoms with Gasteiger partial charge >= 0.3 is 17.9 Å². The molecule has 0 unspecified atom stereocenters. The molecule has 0 rings (SSSR count). The molecule has 7 nitrogen and oxygen atoms in total. The summed E-state index contributed by atoms with van der Waals surface area (Å²) in [5.41, 5.74) is -0.903. The van der Waals surface area contributed by atoms with Crippen LogP contribution in [0.4, 0.5) is 0 Å². The summed E-state index contributed by atoms with van der Waals surface area (Å²) in [5, 5.41) is 0. The van der Waals surface area contributed by atoms with E-state index < -0.39 is 5.54 Å². The van der Waals surface area contributed by atoms with Crippen LogP contribution < -0.4 is 0 Å². The van der Waals surface area contributed by atoms with Gasteiger partial charge in [-0.2, -0.15) is 0 Å². The Balaban J connectivity index is 4.76. The van der Waals surface area contributed by atoms with Crippen molar-refractivity contribution in [2.75, 3.05) is 41.0 Å². The van der Waals surface area contributed by atoms with E-state index in [0.29, 0.717) is 23.7 Å². The number of carbonyl (C=O) groups is 3. The lowest BCUT2D eigenvalue weighted by Gasteiger charge is -2.44. The van der Waals surface area contributed by atoms with Gasteiger partial charge in [0.2, 0.25) is 5.54 Å². The highest BCUT2D eigenvalue weighted by atomic mass is 16.6. The number of unbranched alkanes of at least 4 members (excludes halogenated alkanes) is 42. The summed E-state index contributed by atoms with van der Waals surface area (Å²) in [7, 11) is 6.02. The Hall–Kier alpha value is -1.63. The van der Waals surface area contributed by atoms with Crippen LogP contribution in [0.3, 0.4) is 0 Å². The average molecular weight is 964 g/mol. The minimum atomic E-state index is -0.903. The maximum Gasteiger partial charge on any atom is 0.306 e. The summed E-state index contributed by atoms with van der Waals surface area (Å²) in [6, 6.07) is 0. The number of esters is 3. The Morgan fingerprint density at radius 3 is 0.559 bits per heavy atom. The van der Waals surface area contributed by atoms with Crippen molar-refractivity contribution >= 4 is 17.9 Å². The largest absolute Gasteiger partial charge is 0.459 e. The smallest absolute Gasteiger partial charge is 0.306 e. The molecule has 68 heavy (non-hydrogen) atoms. The SMILES string of the molecule is CCCCCCCCCCCCCCCCCC(=O)OCC(COC(=O)CCCCCCCCCCCCCCCCC)(COC(=O)CCCCCCCCCCCCCCCCC)[N+](C)(C)C. The van der Waals surface area contributed by atoms with E-state index >= 15 is 0 Å². The highest BCUT2D eigenvalue weighted by Gasteiger charge is 2.47. The Morgan fingerprint density at radius 1 is 0.265 bits per heavy atom. The van der Waals surface area contributed by atoms with Crippen LogP contribution in [0.15, 0.2) is 0 Å². The summed E-state index contributed by atoms with van der Waals surface area (Å²) in [4.78, 5) is 39.4. The second-order valence-electron chi connectivity index (χ2n) is 22.3. The lowest BCUT2D eigenvalue weighted by Crippen LogP contribution is -2.65. The lowest BCUT2D eigenvalue weighted by atomic mass is 9.98. The predicted molar refractivity (Wildman–Crippen MR) is 292 cm³/mol. The van der Waals surface area contributed by atoms with Crippen molar-refractivity contribution in [2.45, 2.75) is 335 Å². The minimum absolute atomic E-state index is 0.0343. The third kappa shape index (κ3) is 44.3. The predicted octanol–water partition coefficient (Wildman–Crippen LogP) is 18.8. The molecule has 0 bridgehead atoms. The maximum absolute atomic E-state index is 13.1. The topological polar surface area (TPSA) is 78.9 Å². The number of quaternary nitrogens is 1. The van der Waals surface area contributed by atoms with E-state index in [-0.39, 0.29) is 37.7 Å². The molecule has 0 fully saturated rings. The number of hydrogen-bond acceptors (Lipinski definition) is 6. The highest BCUT2D eigenvalue weighted by molar-refractivity contribution is 5.70. The first-order valence-corrected chi connectivity index (χ1v) is 30.4. The van der Waals surface area contributed by atoms with Crippen molar-refractivity contribution in [3.63, 3.8) is 0 Å². The van der Waals surface area contributed by atoms with Gasteiger partial charge in [-0.1, -0.05) is 290 Å². The van der Waals surface area contributed by atoms with Crippen molar-refractivity contribution in [2.24, 2.45) is 0 Å². The van der Waals surface area contributed by atoms with Gasteiger partial charge in [0.15, 0.2) is 19.8 Å². The van der Waals surface area contributed by atoms with E-state index in [2.05, 4.69) is 20.8 Å². The fraction of sp³-hybridized carbons (Fsp3) is 0.951. The van der Waals surface area contributed by atoms with Crippen LogP contribution in [0.1, 0.15) is 329 Å². The van der Waals surface area contributed by atoms with Gasteiger partial charge in [-0.25, -0.2) is 0 Å². The zero-order valence-electron chi connectivity index (χ0n) is 47.0. The van der Waals surface area contributed by atoms with Gasteiger partial charge in [-0.3, -0.25) is 14.4 Å². The Kier molecular flexibility index (Phi) is 49.1. The second kappa shape index (κ2) is 50.3. The molecule has 0 amide bonds. The molecule has 0 N–H and O–H groups in total. The molecule has 404 valence electrons.